The highest BCUT2D eigenvalue weighted by molar-refractivity contribution is 6.42. The average molecular weight is 384 g/mol. The van der Waals surface area contributed by atoms with Crippen molar-refractivity contribution in [2.24, 2.45) is 0 Å². The molecule has 1 aromatic carbocycles. The standard InChI is InChI=1S/C21H31Cl2NO/c1-2-3-4-5-6-7-8-9-10-11-16-24-21(25)15-13-18-12-14-19(22)20(23)17-18/h12-15,17H,2-11,16H2,1H3,(H,24,25). The third-order valence-corrected chi connectivity index (χ3v) is 4.94. The first-order valence-corrected chi connectivity index (χ1v) is 10.3. The quantitative estimate of drug-likeness (QED) is 0.287. The summed E-state index contributed by atoms with van der Waals surface area (Å²) in [6.07, 6.45) is 16.3. The Morgan fingerprint density at radius 1 is 0.920 bits per heavy atom. The molecule has 140 valence electrons. The summed E-state index contributed by atoms with van der Waals surface area (Å²) in [6.45, 7) is 2.99. The molecule has 0 heterocycles. The van der Waals surface area contributed by atoms with Gasteiger partial charge in [-0.05, 0) is 30.2 Å². The van der Waals surface area contributed by atoms with Crippen molar-refractivity contribution in [2.45, 2.75) is 71.1 Å². The maximum absolute atomic E-state index is 11.8. The lowest BCUT2D eigenvalue weighted by atomic mass is 10.1. The Morgan fingerprint density at radius 2 is 1.52 bits per heavy atom. The lowest BCUT2D eigenvalue weighted by Gasteiger charge is -2.03. The Hall–Kier alpha value is -0.990. The number of amides is 1. The van der Waals surface area contributed by atoms with Crippen molar-refractivity contribution in [3.05, 3.63) is 39.9 Å². The van der Waals surface area contributed by atoms with Crippen LogP contribution in [-0.2, 0) is 4.79 Å². The molecule has 0 aliphatic carbocycles. The second-order valence-corrected chi connectivity index (χ2v) is 7.29. The average Bonchev–Trinajstić information content (AvgIpc) is 2.60. The number of carbonyl (C=O) groups is 1. The zero-order valence-corrected chi connectivity index (χ0v) is 16.8. The molecule has 0 spiro atoms. The Balaban J connectivity index is 2.01. The Morgan fingerprint density at radius 3 is 2.12 bits per heavy atom. The van der Waals surface area contributed by atoms with Crippen molar-refractivity contribution in [3.63, 3.8) is 0 Å². The molecule has 1 amide bonds. The first kappa shape index (κ1) is 22.1. The lowest BCUT2D eigenvalue weighted by Crippen LogP contribution is -2.21. The van der Waals surface area contributed by atoms with Gasteiger partial charge in [0.1, 0.15) is 0 Å². The Labute approximate surface area is 163 Å². The summed E-state index contributed by atoms with van der Waals surface area (Å²) in [4.78, 5) is 11.8. The van der Waals surface area contributed by atoms with Crippen LogP contribution in [0.15, 0.2) is 24.3 Å². The van der Waals surface area contributed by atoms with Gasteiger partial charge in [-0.25, -0.2) is 0 Å². The highest BCUT2D eigenvalue weighted by Crippen LogP contribution is 2.23. The highest BCUT2D eigenvalue weighted by Gasteiger charge is 1.99. The first-order chi connectivity index (χ1) is 12.1. The van der Waals surface area contributed by atoms with Crippen molar-refractivity contribution >= 4 is 35.2 Å². The van der Waals surface area contributed by atoms with E-state index in [2.05, 4.69) is 12.2 Å². The number of benzene rings is 1. The molecule has 25 heavy (non-hydrogen) atoms. The molecule has 0 aliphatic rings. The van der Waals surface area contributed by atoms with Crippen LogP contribution in [0.3, 0.4) is 0 Å². The second kappa shape index (κ2) is 14.2. The molecule has 1 aromatic rings. The summed E-state index contributed by atoms with van der Waals surface area (Å²) >= 11 is 11.8. The van der Waals surface area contributed by atoms with Gasteiger partial charge in [-0.2, -0.15) is 0 Å². The number of carbonyl (C=O) groups excluding carboxylic acids is 1. The number of rotatable bonds is 13. The third-order valence-electron chi connectivity index (χ3n) is 4.20. The van der Waals surface area contributed by atoms with E-state index in [0.29, 0.717) is 10.0 Å². The number of hydrogen-bond acceptors (Lipinski definition) is 1. The van der Waals surface area contributed by atoms with Crippen LogP contribution in [-0.4, -0.2) is 12.5 Å². The molecule has 2 nitrogen and oxygen atoms in total. The van der Waals surface area contributed by atoms with Crippen LogP contribution in [0.4, 0.5) is 0 Å². The van der Waals surface area contributed by atoms with Gasteiger partial charge in [0.2, 0.25) is 5.91 Å². The summed E-state index contributed by atoms with van der Waals surface area (Å²) in [6, 6.07) is 5.31. The van der Waals surface area contributed by atoms with Gasteiger partial charge in [0.15, 0.2) is 0 Å². The maximum Gasteiger partial charge on any atom is 0.243 e. The number of halogens is 2. The molecule has 0 radical (unpaired) electrons. The van der Waals surface area contributed by atoms with Crippen LogP contribution >= 0.6 is 23.2 Å². The molecule has 0 bridgehead atoms. The molecule has 0 unspecified atom stereocenters. The van der Waals surface area contributed by atoms with Crippen molar-refractivity contribution in [1.82, 2.24) is 5.32 Å². The molecule has 1 N–H and O–H groups in total. The van der Waals surface area contributed by atoms with Gasteiger partial charge >= 0.3 is 0 Å². The molecule has 0 aromatic heterocycles. The summed E-state index contributed by atoms with van der Waals surface area (Å²) in [5, 5.41) is 3.93. The number of unbranched alkanes of at least 4 members (excludes halogenated alkanes) is 9. The van der Waals surface area contributed by atoms with E-state index < -0.39 is 0 Å². The summed E-state index contributed by atoms with van der Waals surface area (Å²) in [5.41, 5.74) is 0.864. The normalized spacial score (nSPS) is 11.2. The molecule has 0 fully saturated rings. The minimum atomic E-state index is -0.0676. The van der Waals surface area contributed by atoms with E-state index in [1.54, 1.807) is 18.2 Å². The molecule has 1 rings (SSSR count). The maximum atomic E-state index is 11.8. The Bertz CT molecular complexity index is 529. The van der Waals surface area contributed by atoms with E-state index in [-0.39, 0.29) is 5.91 Å². The van der Waals surface area contributed by atoms with Crippen LogP contribution in [0, 0.1) is 0 Å². The largest absolute Gasteiger partial charge is 0.353 e. The Kier molecular flexibility index (Phi) is 12.5. The van der Waals surface area contributed by atoms with Gasteiger partial charge < -0.3 is 5.32 Å². The van der Waals surface area contributed by atoms with E-state index in [0.717, 1.165) is 18.5 Å². The van der Waals surface area contributed by atoms with Gasteiger partial charge in [0.05, 0.1) is 10.0 Å². The highest BCUT2D eigenvalue weighted by atomic mass is 35.5. The smallest absolute Gasteiger partial charge is 0.243 e. The first-order valence-electron chi connectivity index (χ1n) is 9.54. The van der Waals surface area contributed by atoms with Crippen LogP contribution in [0.1, 0.15) is 76.7 Å². The summed E-state index contributed by atoms with van der Waals surface area (Å²) < 4.78 is 0. The van der Waals surface area contributed by atoms with Gasteiger partial charge in [-0.15, -0.1) is 0 Å². The fourth-order valence-corrected chi connectivity index (χ4v) is 2.98. The molecular formula is C21H31Cl2NO. The summed E-state index contributed by atoms with van der Waals surface area (Å²) in [7, 11) is 0. The van der Waals surface area contributed by atoms with Gasteiger partial charge in [-0.1, -0.05) is 94.0 Å². The molecule has 0 atom stereocenters. The molecule has 0 saturated heterocycles. The molecule has 0 aliphatic heterocycles. The molecule has 0 saturated carbocycles. The topological polar surface area (TPSA) is 29.1 Å². The minimum absolute atomic E-state index is 0.0676. The lowest BCUT2D eigenvalue weighted by molar-refractivity contribution is -0.116. The summed E-state index contributed by atoms with van der Waals surface area (Å²) in [5.74, 6) is -0.0676. The van der Waals surface area contributed by atoms with E-state index >= 15 is 0 Å². The van der Waals surface area contributed by atoms with E-state index in [9.17, 15) is 4.79 Å². The predicted molar refractivity (Wildman–Crippen MR) is 110 cm³/mol. The third kappa shape index (κ3) is 11.3. The number of nitrogens with one attached hydrogen (secondary N) is 1. The number of hydrogen-bond donors (Lipinski definition) is 1. The monoisotopic (exact) mass is 383 g/mol. The predicted octanol–water partition coefficient (Wildman–Crippen LogP) is 7.04. The minimum Gasteiger partial charge on any atom is -0.353 e. The van der Waals surface area contributed by atoms with E-state index in [1.165, 1.54) is 63.9 Å². The SMILES string of the molecule is CCCCCCCCCCCCNC(=O)C=Cc1ccc(Cl)c(Cl)c1. The zero-order valence-electron chi connectivity index (χ0n) is 15.3. The zero-order chi connectivity index (χ0) is 18.3. The van der Waals surface area contributed by atoms with Crippen molar-refractivity contribution < 1.29 is 4.79 Å². The van der Waals surface area contributed by atoms with Crippen molar-refractivity contribution in [3.8, 4) is 0 Å². The molecule has 4 heteroatoms. The van der Waals surface area contributed by atoms with E-state index in [1.807, 2.05) is 6.07 Å². The molecular weight excluding hydrogens is 353 g/mol. The fourth-order valence-electron chi connectivity index (χ4n) is 2.67. The van der Waals surface area contributed by atoms with Gasteiger partial charge in [0.25, 0.3) is 0 Å². The van der Waals surface area contributed by atoms with Crippen LogP contribution in [0.5, 0.6) is 0 Å². The van der Waals surface area contributed by atoms with Crippen LogP contribution in [0.2, 0.25) is 10.0 Å². The van der Waals surface area contributed by atoms with Crippen molar-refractivity contribution in [2.75, 3.05) is 6.54 Å². The fraction of sp³-hybridized carbons (Fsp3) is 0.571. The van der Waals surface area contributed by atoms with E-state index in [4.69, 9.17) is 23.2 Å². The second-order valence-electron chi connectivity index (χ2n) is 6.48. The van der Waals surface area contributed by atoms with Crippen LogP contribution < -0.4 is 5.32 Å². The van der Waals surface area contributed by atoms with Gasteiger partial charge in [0, 0.05) is 12.6 Å². The van der Waals surface area contributed by atoms with Gasteiger partial charge in [-0.3, -0.25) is 4.79 Å². The van der Waals surface area contributed by atoms with Crippen LogP contribution in [0.25, 0.3) is 6.08 Å². The van der Waals surface area contributed by atoms with Crippen molar-refractivity contribution in [1.29, 1.82) is 0 Å².